The molecule has 1 aliphatic rings. The maximum absolute atomic E-state index is 6.19. The molecule has 1 fully saturated rings. The molecule has 2 N–H and O–H groups in total. The highest BCUT2D eigenvalue weighted by Gasteiger charge is 2.23. The molecule has 0 spiro atoms. The van der Waals surface area contributed by atoms with E-state index in [2.05, 4.69) is 33.4 Å². The molecular formula is C17H19N5OS. The number of nitrogen functional groups attached to an aromatic ring is 1. The van der Waals surface area contributed by atoms with Gasteiger partial charge in [0.1, 0.15) is 6.10 Å². The zero-order valence-corrected chi connectivity index (χ0v) is 14.1. The third-order valence-corrected chi connectivity index (χ3v) is 5.22. The lowest BCUT2D eigenvalue weighted by Gasteiger charge is -2.21. The molecule has 3 aromatic rings. The first-order valence-electron chi connectivity index (χ1n) is 8.10. The van der Waals surface area contributed by atoms with Gasteiger partial charge >= 0.3 is 0 Å². The Kier molecular flexibility index (Phi) is 4.36. The average Bonchev–Trinajstić information content (AvgIpc) is 3.01. The van der Waals surface area contributed by atoms with Gasteiger partial charge in [0, 0.05) is 23.9 Å². The van der Waals surface area contributed by atoms with Crippen LogP contribution in [0.15, 0.2) is 41.7 Å². The standard InChI is InChI=1S/C17H19N5OS/c18-22-16(14-8-1-2-10-23-14)20-21-17(22)24-11-13-6-3-5-12-7-4-9-19-15(12)13/h3-7,9,14H,1-2,8,10-11,18H2/t14-/m1/s1. The quantitative estimate of drug-likeness (QED) is 0.580. The van der Waals surface area contributed by atoms with E-state index in [0.29, 0.717) is 11.0 Å². The largest absolute Gasteiger partial charge is 0.370 e. The fourth-order valence-corrected chi connectivity index (χ4v) is 3.83. The summed E-state index contributed by atoms with van der Waals surface area (Å²) in [7, 11) is 0. The number of hydrogen-bond acceptors (Lipinski definition) is 6. The number of benzene rings is 1. The molecule has 1 saturated heterocycles. The number of para-hydroxylation sites is 1. The Hall–Kier alpha value is -2.12. The molecule has 0 unspecified atom stereocenters. The van der Waals surface area contributed by atoms with Crippen LogP contribution in [0, 0.1) is 0 Å². The van der Waals surface area contributed by atoms with Gasteiger partial charge in [-0.15, -0.1) is 10.2 Å². The molecule has 3 heterocycles. The van der Waals surface area contributed by atoms with Crippen LogP contribution in [0.25, 0.3) is 10.9 Å². The molecule has 1 atom stereocenters. The second kappa shape index (κ2) is 6.78. The summed E-state index contributed by atoms with van der Waals surface area (Å²) in [6.45, 7) is 0.766. The molecule has 0 radical (unpaired) electrons. The zero-order valence-electron chi connectivity index (χ0n) is 13.3. The molecular weight excluding hydrogens is 322 g/mol. The van der Waals surface area contributed by atoms with Crippen LogP contribution in [0.2, 0.25) is 0 Å². The van der Waals surface area contributed by atoms with Gasteiger partial charge in [-0.05, 0) is 30.9 Å². The van der Waals surface area contributed by atoms with Gasteiger partial charge in [0.25, 0.3) is 0 Å². The molecule has 2 aromatic heterocycles. The molecule has 1 aromatic carbocycles. The summed E-state index contributed by atoms with van der Waals surface area (Å²) in [6.07, 6.45) is 4.98. The molecule has 7 heteroatoms. The van der Waals surface area contributed by atoms with Gasteiger partial charge in [-0.25, -0.2) is 4.68 Å². The lowest BCUT2D eigenvalue weighted by atomic mass is 10.1. The van der Waals surface area contributed by atoms with Crippen LogP contribution >= 0.6 is 11.8 Å². The average molecular weight is 341 g/mol. The van der Waals surface area contributed by atoms with Crippen LogP contribution in [-0.2, 0) is 10.5 Å². The van der Waals surface area contributed by atoms with Gasteiger partial charge in [-0.1, -0.05) is 36.0 Å². The summed E-state index contributed by atoms with van der Waals surface area (Å²) in [5.41, 5.74) is 2.18. The number of nitrogens with zero attached hydrogens (tertiary/aromatic N) is 4. The number of rotatable bonds is 4. The summed E-state index contributed by atoms with van der Waals surface area (Å²) in [5.74, 6) is 7.65. The molecule has 0 bridgehead atoms. The second-order valence-electron chi connectivity index (χ2n) is 5.85. The number of pyridine rings is 1. The van der Waals surface area contributed by atoms with E-state index in [-0.39, 0.29) is 6.10 Å². The first-order chi connectivity index (χ1) is 11.8. The summed E-state index contributed by atoms with van der Waals surface area (Å²) in [5, 5.41) is 10.3. The third-order valence-electron chi connectivity index (χ3n) is 4.23. The maximum atomic E-state index is 6.19. The van der Waals surface area contributed by atoms with Gasteiger partial charge in [-0.2, -0.15) is 0 Å². The van der Waals surface area contributed by atoms with Gasteiger partial charge in [0.05, 0.1) is 5.52 Å². The Labute approximate surface area is 144 Å². The molecule has 0 saturated carbocycles. The van der Waals surface area contributed by atoms with E-state index in [4.69, 9.17) is 10.6 Å². The van der Waals surface area contributed by atoms with Gasteiger partial charge in [0.2, 0.25) is 5.16 Å². The van der Waals surface area contributed by atoms with Crippen LogP contribution in [-0.4, -0.2) is 26.5 Å². The topological polar surface area (TPSA) is 78.9 Å². The van der Waals surface area contributed by atoms with E-state index in [0.717, 1.165) is 48.1 Å². The van der Waals surface area contributed by atoms with Crippen molar-refractivity contribution in [2.45, 2.75) is 36.3 Å². The van der Waals surface area contributed by atoms with Crippen LogP contribution < -0.4 is 5.84 Å². The van der Waals surface area contributed by atoms with Crippen molar-refractivity contribution in [3.63, 3.8) is 0 Å². The lowest BCUT2D eigenvalue weighted by molar-refractivity contribution is 0.00780. The van der Waals surface area contributed by atoms with Crippen molar-refractivity contribution < 1.29 is 4.74 Å². The number of hydrogen-bond donors (Lipinski definition) is 1. The molecule has 0 amide bonds. The van der Waals surface area contributed by atoms with E-state index in [9.17, 15) is 0 Å². The number of nitrogens with two attached hydrogens (primary N) is 1. The van der Waals surface area contributed by atoms with E-state index < -0.39 is 0 Å². The SMILES string of the molecule is Nn1c(SCc2cccc3cccnc23)nnc1[C@H]1CCCCO1. The fourth-order valence-electron chi connectivity index (χ4n) is 2.98. The molecule has 124 valence electrons. The Balaban J connectivity index is 1.52. The van der Waals surface area contributed by atoms with E-state index >= 15 is 0 Å². The minimum atomic E-state index is -0.0372. The summed E-state index contributed by atoms with van der Waals surface area (Å²) in [4.78, 5) is 4.49. The van der Waals surface area contributed by atoms with E-state index in [1.54, 1.807) is 16.4 Å². The zero-order chi connectivity index (χ0) is 16.4. The van der Waals surface area contributed by atoms with Gasteiger partial charge < -0.3 is 10.6 Å². The summed E-state index contributed by atoms with van der Waals surface area (Å²) in [6, 6.07) is 10.2. The summed E-state index contributed by atoms with van der Waals surface area (Å²) < 4.78 is 7.32. The van der Waals surface area contributed by atoms with Gasteiger partial charge in [0.15, 0.2) is 5.82 Å². The second-order valence-corrected chi connectivity index (χ2v) is 6.79. The molecule has 6 nitrogen and oxygen atoms in total. The van der Waals surface area contributed by atoms with Crippen LogP contribution in [0.1, 0.15) is 36.8 Å². The Morgan fingerprint density at radius 2 is 2.12 bits per heavy atom. The smallest absolute Gasteiger partial charge is 0.210 e. The Morgan fingerprint density at radius 3 is 3.00 bits per heavy atom. The van der Waals surface area contributed by atoms with Crippen molar-refractivity contribution >= 4 is 22.7 Å². The van der Waals surface area contributed by atoms with Crippen molar-refractivity contribution in [3.05, 3.63) is 47.9 Å². The first-order valence-corrected chi connectivity index (χ1v) is 9.09. The highest BCUT2D eigenvalue weighted by molar-refractivity contribution is 7.98. The van der Waals surface area contributed by atoms with Crippen molar-refractivity contribution in [2.24, 2.45) is 0 Å². The molecule has 0 aliphatic carbocycles. The third kappa shape index (κ3) is 2.97. The van der Waals surface area contributed by atoms with Gasteiger partial charge in [-0.3, -0.25) is 4.98 Å². The van der Waals surface area contributed by atoms with Crippen molar-refractivity contribution in [2.75, 3.05) is 12.4 Å². The number of ether oxygens (including phenoxy) is 1. The van der Waals surface area contributed by atoms with Crippen LogP contribution in [0.3, 0.4) is 0 Å². The molecule has 4 rings (SSSR count). The Morgan fingerprint density at radius 1 is 1.21 bits per heavy atom. The number of aromatic nitrogens is 4. The summed E-state index contributed by atoms with van der Waals surface area (Å²) >= 11 is 1.57. The number of fused-ring (bicyclic) bond motifs is 1. The monoisotopic (exact) mass is 341 g/mol. The van der Waals surface area contributed by atoms with E-state index in [1.165, 1.54) is 0 Å². The van der Waals surface area contributed by atoms with Crippen molar-refractivity contribution in [3.8, 4) is 0 Å². The molecule has 1 aliphatic heterocycles. The lowest BCUT2D eigenvalue weighted by Crippen LogP contribution is -2.21. The van der Waals surface area contributed by atoms with E-state index in [1.807, 2.05) is 18.3 Å². The Bertz CT molecular complexity index is 839. The minimum absolute atomic E-state index is 0.0372. The first kappa shape index (κ1) is 15.4. The fraction of sp³-hybridized carbons (Fsp3) is 0.353. The maximum Gasteiger partial charge on any atom is 0.210 e. The highest BCUT2D eigenvalue weighted by atomic mass is 32.2. The van der Waals surface area contributed by atoms with Crippen molar-refractivity contribution in [1.82, 2.24) is 19.9 Å². The van der Waals surface area contributed by atoms with Crippen LogP contribution in [0.4, 0.5) is 0 Å². The predicted octanol–water partition coefficient (Wildman–Crippen LogP) is 3.07. The van der Waals surface area contributed by atoms with Crippen molar-refractivity contribution in [1.29, 1.82) is 0 Å². The predicted molar refractivity (Wildman–Crippen MR) is 94.0 cm³/mol. The highest BCUT2D eigenvalue weighted by Crippen LogP contribution is 2.29. The number of thioether (sulfide) groups is 1. The molecule has 24 heavy (non-hydrogen) atoms. The minimum Gasteiger partial charge on any atom is -0.370 e. The normalized spacial score (nSPS) is 18.1. The van der Waals surface area contributed by atoms with Crippen LogP contribution in [0.5, 0.6) is 0 Å².